The molecule has 30 heavy (non-hydrogen) atoms. The van der Waals surface area contributed by atoms with Gasteiger partial charge in [-0.3, -0.25) is 14.4 Å². The first-order valence-electron chi connectivity index (χ1n) is 9.76. The van der Waals surface area contributed by atoms with E-state index in [4.69, 9.17) is 4.42 Å². The van der Waals surface area contributed by atoms with Crippen molar-refractivity contribution in [2.75, 3.05) is 23.7 Å². The number of hydrogen-bond donors (Lipinski definition) is 2. The molecule has 1 aliphatic rings. The summed E-state index contributed by atoms with van der Waals surface area (Å²) in [5.74, 6) is -0.471. The number of benzene rings is 2. The van der Waals surface area contributed by atoms with E-state index in [0.29, 0.717) is 22.5 Å². The molecule has 0 unspecified atom stereocenters. The summed E-state index contributed by atoms with van der Waals surface area (Å²) >= 11 is 0. The number of likely N-dealkylation sites (tertiary alicyclic amines) is 1. The van der Waals surface area contributed by atoms with E-state index in [1.54, 1.807) is 60.7 Å². The summed E-state index contributed by atoms with van der Waals surface area (Å²) in [7, 11) is 0. The van der Waals surface area contributed by atoms with Crippen LogP contribution in [0.4, 0.5) is 11.4 Å². The molecule has 7 heteroatoms. The normalized spacial score (nSPS) is 13.1. The van der Waals surface area contributed by atoms with Gasteiger partial charge < -0.3 is 20.0 Å². The number of nitrogens with zero attached hydrogens (tertiary/aromatic N) is 1. The predicted molar refractivity (Wildman–Crippen MR) is 113 cm³/mol. The maximum absolute atomic E-state index is 12.6. The Hall–Kier alpha value is -3.87. The predicted octanol–water partition coefficient (Wildman–Crippen LogP) is 4.02. The Balaban J connectivity index is 1.39. The van der Waals surface area contributed by atoms with Crippen LogP contribution in [-0.4, -0.2) is 35.7 Å². The van der Waals surface area contributed by atoms with Gasteiger partial charge in [0, 0.05) is 35.6 Å². The molecule has 4 rings (SSSR count). The number of anilines is 2. The lowest BCUT2D eigenvalue weighted by atomic mass is 10.1. The van der Waals surface area contributed by atoms with Crippen LogP contribution in [0.3, 0.4) is 0 Å². The van der Waals surface area contributed by atoms with Gasteiger partial charge in [0.05, 0.1) is 6.26 Å². The van der Waals surface area contributed by atoms with Crippen molar-refractivity contribution in [3.8, 4) is 0 Å². The van der Waals surface area contributed by atoms with Gasteiger partial charge in [0.1, 0.15) is 0 Å². The number of nitrogens with one attached hydrogen (secondary N) is 2. The van der Waals surface area contributed by atoms with Gasteiger partial charge >= 0.3 is 0 Å². The van der Waals surface area contributed by atoms with E-state index < -0.39 is 0 Å². The first-order chi connectivity index (χ1) is 14.6. The molecule has 2 N–H and O–H groups in total. The van der Waals surface area contributed by atoms with Crippen molar-refractivity contribution in [3.05, 3.63) is 83.8 Å². The molecule has 0 radical (unpaired) electrons. The smallest absolute Gasteiger partial charge is 0.291 e. The second-order valence-electron chi connectivity index (χ2n) is 7.04. The summed E-state index contributed by atoms with van der Waals surface area (Å²) in [4.78, 5) is 38.9. The van der Waals surface area contributed by atoms with Crippen LogP contribution in [0.15, 0.2) is 71.3 Å². The van der Waals surface area contributed by atoms with E-state index in [-0.39, 0.29) is 23.5 Å². The Morgan fingerprint density at radius 3 is 2.20 bits per heavy atom. The lowest BCUT2D eigenvalue weighted by Gasteiger charge is -2.15. The third-order valence-electron chi connectivity index (χ3n) is 4.91. The molecule has 0 atom stereocenters. The summed E-state index contributed by atoms with van der Waals surface area (Å²) in [6, 6.07) is 16.7. The molecule has 1 aliphatic heterocycles. The van der Waals surface area contributed by atoms with E-state index in [0.717, 1.165) is 25.9 Å². The molecule has 2 heterocycles. The molecule has 3 amide bonds. The topological polar surface area (TPSA) is 91.7 Å². The molecule has 1 saturated heterocycles. The highest BCUT2D eigenvalue weighted by molar-refractivity contribution is 6.06. The highest BCUT2D eigenvalue weighted by Crippen LogP contribution is 2.18. The summed E-state index contributed by atoms with van der Waals surface area (Å²) in [6.07, 6.45) is 3.48. The summed E-state index contributed by atoms with van der Waals surface area (Å²) < 4.78 is 5.05. The molecule has 0 bridgehead atoms. The average Bonchev–Trinajstić information content (AvgIpc) is 3.48. The molecule has 2 aromatic carbocycles. The Bertz CT molecular complexity index is 1050. The third kappa shape index (κ3) is 4.41. The van der Waals surface area contributed by atoms with Gasteiger partial charge in [0.15, 0.2) is 5.76 Å². The molecule has 0 spiro atoms. The number of amides is 3. The van der Waals surface area contributed by atoms with Crippen molar-refractivity contribution in [2.24, 2.45) is 0 Å². The lowest BCUT2D eigenvalue weighted by Crippen LogP contribution is -2.27. The van der Waals surface area contributed by atoms with Crippen molar-refractivity contribution >= 4 is 29.1 Å². The second kappa shape index (κ2) is 8.65. The van der Waals surface area contributed by atoms with Crippen LogP contribution < -0.4 is 10.6 Å². The number of carbonyl (C=O) groups excluding carboxylic acids is 3. The minimum atomic E-state index is -0.364. The third-order valence-corrected chi connectivity index (χ3v) is 4.91. The van der Waals surface area contributed by atoms with Gasteiger partial charge in [-0.1, -0.05) is 6.07 Å². The lowest BCUT2D eigenvalue weighted by molar-refractivity contribution is 0.0792. The largest absolute Gasteiger partial charge is 0.459 e. The SMILES string of the molecule is O=C(Nc1cccc(C(=O)N2CCCC2)c1)c1ccc(NC(=O)c2ccco2)cc1. The van der Waals surface area contributed by atoms with E-state index in [1.165, 1.54) is 6.26 Å². The van der Waals surface area contributed by atoms with Crippen molar-refractivity contribution in [1.29, 1.82) is 0 Å². The van der Waals surface area contributed by atoms with Crippen molar-refractivity contribution in [1.82, 2.24) is 4.90 Å². The highest BCUT2D eigenvalue weighted by Gasteiger charge is 2.19. The Morgan fingerprint density at radius 1 is 0.767 bits per heavy atom. The van der Waals surface area contributed by atoms with Gasteiger partial charge in [0.25, 0.3) is 17.7 Å². The zero-order valence-electron chi connectivity index (χ0n) is 16.3. The van der Waals surface area contributed by atoms with Crippen LogP contribution in [0, 0.1) is 0 Å². The molecule has 3 aromatic rings. The van der Waals surface area contributed by atoms with Crippen LogP contribution in [0.2, 0.25) is 0 Å². The summed E-state index contributed by atoms with van der Waals surface area (Å²) in [5, 5.41) is 5.51. The van der Waals surface area contributed by atoms with Gasteiger partial charge in [-0.2, -0.15) is 0 Å². The standard InChI is InChI=1S/C23H21N3O4/c27-21(16-8-10-18(11-9-16)24-22(28)20-7-4-14-30-20)25-19-6-3-5-17(15-19)23(29)26-12-1-2-13-26/h3-11,14-15H,1-2,12-13H2,(H,24,28)(H,25,27). The van der Waals surface area contributed by atoms with Crippen LogP contribution in [0.1, 0.15) is 44.1 Å². The zero-order valence-corrected chi connectivity index (χ0v) is 16.3. The molecular weight excluding hydrogens is 382 g/mol. The number of carbonyl (C=O) groups is 3. The Kier molecular flexibility index (Phi) is 5.61. The molecule has 0 saturated carbocycles. The molecule has 1 aromatic heterocycles. The first-order valence-corrected chi connectivity index (χ1v) is 9.76. The number of hydrogen-bond acceptors (Lipinski definition) is 4. The first kappa shape index (κ1) is 19.4. The molecule has 152 valence electrons. The van der Waals surface area contributed by atoms with Crippen LogP contribution >= 0.6 is 0 Å². The fourth-order valence-corrected chi connectivity index (χ4v) is 3.34. The quantitative estimate of drug-likeness (QED) is 0.673. The van der Waals surface area contributed by atoms with E-state index >= 15 is 0 Å². The summed E-state index contributed by atoms with van der Waals surface area (Å²) in [5.41, 5.74) is 2.10. The van der Waals surface area contributed by atoms with Crippen LogP contribution in [-0.2, 0) is 0 Å². The van der Waals surface area contributed by atoms with Crippen LogP contribution in [0.25, 0.3) is 0 Å². The monoisotopic (exact) mass is 403 g/mol. The minimum absolute atomic E-state index is 0.0137. The van der Waals surface area contributed by atoms with Gasteiger partial charge in [0.2, 0.25) is 0 Å². The van der Waals surface area contributed by atoms with E-state index in [2.05, 4.69) is 10.6 Å². The summed E-state index contributed by atoms with van der Waals surface area (Å²) in [6.45, 7) is 1.55. The fraction of sp³-hybridized carbons (Fsp3) is 0.174. The fourth-order valence-electron chi connectivity index (χ4n) is 3.34. The minimum Gasteiger partial charge on any atom is -0.459 e. The van der Waals surface area contributed by atoms with Crippen molar-refractivity contribution < 1.29 is 18.8 Å². The maximum Gasteiger partial charge on any atom is 0.291 e. The molecule has 0 aliphatic carbocycles. The van der Waals surface area contributed by atoms with Gasteiger partial charge in [-0.15, -0.1) is 0 Å². The van der Waals surface area contributed by atoms with E-state index in [9.17, 15) is 14.4 Å². The van der Waals surface area contributed by atoms with Crippen molar-refractivity contribution in [3.63, 3.8) is 0 Å². The molecule has 1 fully saturated rings. The van der Waals surface area contributed by atoms with Crippen LogP contribution in [0.5, 0.6) is 0 Å². The van der Waals surface area contributed by atoms with Crippen molar-refractivity contribution in [2.45, 2.75) is 12.8 Å². The van der Waals surface area contributed by atoms with Gasteiger partial charge in [-0.05, 0) is 67.4 Å². The van der Waals surface area contributed by atoms with Gasteiger partial charge in [-0.25, -0.2) is 0 Å². The highest BCUT2D eigenvalue weighted by atomic mass is 16.3. The zero-order chi connectivity index (χ0) is 20.9. The Labute approximate surface area is 173 Å². The average molecular weight is 403 g/mol. The van der Waals surface area contributed by atoms with E-state index in [1.807, 2.05) is 4.90 Å². The number of rotatable bonds is 5. The molecule has 7 nitrogen and oxygen atoms in total. The Morgan fingerprint density at radius 2 is 1.50 bits per heavy atom. The molecular formula is C23H21N3O4. The second-order valence-corrected chi connectivity index (χ2v) is 7.04. The number of furan rings is 1. The maximum atomic E-state index is 12.6.